The van der Waals surface area contributed by atoms with E-state index in [1.54, 1.807) is 32.9 Å². The number of furan rings is 1. The van der Waals surface area contributed by atoms with E-state index in [4.69, 9.17) is 4.42 Å². The lowest BCUT2D eigenvalue weighted by atomic mass is 10.1. The van der Waals surface area contributed by atoms with Gasteiger partial charge in [0, 0.05) is 11.2 Å². The zero-order valence-corrected chi connectivity index (χ0v) is 13.4. The Labute approximate surface area is 129 Å². The predicted octanol–water partition coefficient (Wildman–Crippen LogP) is 2.61. The maximum atomic E-state index is 12.2. The van der Waals surface area contributed by atoms with Gasteiger partial charge in [-0.1, -0.05) is 0 Å². The molecule has 1 heterocycles. The highest BCUT2D eigenvalue weighted by molar-refractivity contribution is 7.89. The Morgan fingerprint density at radius 1 is 1.09 bits per heavy atom. The molecule has 6 nitrogen and oxygen atoms in total. The summed E-state index contributed by atoms with van der Waals surface area (Å²) >= 11 is 0. The lowest BCUT2D eigenvalue weighted by Gasteiger charge is -2.20. The Morgan fingerprint density at radius 3 is 2.23 bits per heavy atom. The van der Waals surface area contributed by atoms with Crippen molar-refractivity contribution in [3.63, 3.8) is 0 Å². The van der Waals surface area contributed by atoms with Crippen LogP contribution < -0.4 is 10.0 Å². The van der Waals surface area contributed by atoms with Crippen LogP contribution in [0.15, 0.2) is 52.0 Å². The number of carbonyl (C=O) groups excluding carboxylic acids is 1. The Hall–Kier alpha value is -2.12. The van der Waals surface area contributed by atoms with Crippen LogP contribution in [-0.4, -0.2) is 19.9 Å². The molecule has 0 aliphatic heterocycles. The first-order valence-corrected chi connectivity index (χ1v) is 8.15. The molecule has 0 unspecified atom stereocenters. The van der Waals surface area contributed by atoms with Crippen LogP contribution in [0.25, 0.3) is 0 Å². The summed E-state index contributed by atoms with van der Waals surface area (Å²) in [4.78, 5) is 11.9. The molecule has 0 fully saturated rings. The highest BCUT2D eigenvalue weighted by Crippen LogP contribution is 2.17. The Bertz CT molecular complexity index is 742. The van der Waals surface area contributed by atoms with E-state index >= 15 is 0 Å². The van der Waals surface area contributed by atoms with Crippen LogP contribution >= 0.6 is 0 Å². The molecule has 0 bridgehead atoms. The highest BCUT2D eigenvalue weighted by atomic mass is 32.2. The first-order valence-electron chi connectivity index (χ1n) is 6.66. The number of anilines is 1. The second kappa shape index (κ2) is 5.94. The van der Waals surface area contributed by atoms with Crippen molar-refractivity contribution < 1.29 is 17.6 Å². The fraction of sp³-hybridized carbons (Fsp3) is 0.267. The lowest BCUT2D eigenvalue weighted by molar-refractivity contribution is 0.0996. The number of nitrogens with one attached hydrogen (secondary N) is 2. The van der Waals surface area contributed by atoms with Crippen LogP contribution in [0.4, 0.5) is 5.69 Å². The smallest absolute Gasteiger partial charge is 0.291 e. The maximum absolute atomic E-state index is 12.2. The van der Waals surface area contributed by atoms with E-state index in [-0.39, 0.29) is 10.7 Å². The van der Waals surface area contributed by atoms with Crippen molar-refractivity contribution >= 4 is 21.6 Å². The molecular weight excluding hydrogens is 304 g/mol. The Balaban J connectivity index is 2.12. The van der Waals surface area contributed by atoms with Crippen molar-refractivity contribution in [2.45, 2.75) is 31.2 Å². The molecular formula is C15H18N2O4S. The first-order chi connectivity index (χ1) is 10.2. The van der Waals surface area contributed by atoms with Gasteiger partial charge in [0.25, 0.3) is 5.91 Å². The van der Waals surface area contributed by atoms with Crippen molar-refractivity contribution in [3.8, 4) is 0 Å². The van der Waals surface area contributed by atoms with Gasteiger partial charge in [-0.05, 0) is 57.2 Å². The van der Waals surface area contributed by atoms with Gasteiger partial charge in [0.15, 0.2) is 5.76 Å². The second-order valence-corrected chi connectivity index (χ2v) is 7.49. The lowest BCUT2D eigenvalue weighted by Crippen LogP contribution is -2.40. The molecule has 0 aliphatic carbocycles. The normalized spacial score (nSPS) is 12.1. The summed E-state index contributed by atoms with van der Waals surface area (Å²) in [5.74, 6) is -0.209. The molecule has 7 heteroatoms. The number of sulfonamides is 1. The molecule has 0 saturated heterocycles. The summed E-state index contributed by atoms with van der Waals surface area (Å²) in [5.41, 5.74) is -0.0820. The molecule has 0 saturated carbocycles. The van der Waals surface area contributed by atoms with Gasteiger partial charge in [0.05, 0.1) is 11.2 Å². The molecule has 22 heavy (non-hydrogen) atoms. The fourth-order valence-electron chi connectivity index (χ4n) is 1.78. The molecule has 2 N–H and O–H groups in total. The van der Waals surface area contributed by atoms with Crippen molar-refractivity contribution in [1.82, 2.24) is 4.72 Å². The SMILES string of the molecule is CC(C)(C)NS(=O)(=O)c1ccc(NC(=O)c2ccco2)cc1. The minimum absolute atomic E-state index is 0.137. The topological polar surface area (TPSA) is 88.4 Å². The van der Waals surface area contributed by atoms with Crippen LogP contribution in [0.2, 0.25) is 0 Å². The number of hydrogen-bond acceptors (Lipinski definition) is 4. The third-order valence-corrected chi connectivity index (χ3v) is 4.38. The van der Waals surface area contributed by atoms with Gasteiger partial charge in [0.2, 0.25) is 10.0 Å². The van der Waals surface area contributed by atoms with Crippen molar-refractivity contribution in [1.29, 1.82) is 0 Å². The van der Waals surface area contributed by atoms with Gasteiger partial charge < -0.3 is 9.73 Å². The van der Waals surface area contributed by atoms with E-state index in [2.05, 4.69) is 10.0 Å². The number of amides is 1. The quantitative estimate of drug-likeness (QED) is 0.905. The molecule has 118 valence electrons. The molecule has 2 aromatic rings. The molecule has 0 atom stereocenters. The molecule has 1 aromatic heterocycles. The maximum Gasteiger partial charge on any atom is 0.291 e. The summed E-state index contributed by atoms with van der Waals surface area (Å²) in [6.07, 6.45) is 1.41. The summed E-state index contributed by atoms with van der Waals surface area (Å²) in [6.45, 7) is 5.30. The largest absolute Gasteiger partial charge is 0.459 e. The Morgan fingerprint density at radius 2 is 1.73 bits per heavy atom. The molecule has 0 spiro atoms. The summed E-state index contributed by atoms with van der Waals surface area (Å²) in [5, 5.41) is 2.62. The molecule has 1 amide bonds. The highest BCUT2D eigenvalue weighted by Gasteiger charge is 2.21. The third-order valence-electron chi connectivity index (χ3n) is 2.61. The van der Waals surface area contributed by atoms with Crippen LogP contribution in [0.5, 0.6) is 0 Å². The van der Waals surface area contributed by atoms with Gasteiger partial charge in [-0.2, -0.15) is 0 Å². The molecule has 1 aromatic carbocycles. The summed E-state index contributed by atoms with van der Waals surface area (Å²) in [7, 11) is -3.59. The van der Waals surface area contributed by atoms with Gasteiger partial charge in [-0.3, -0.25) is 4.79 Å². The van der Waals surface area contributed by atoms with Crippen molar-refractivity contribution in [2.24, 2.45) is 0 Å². The van der Waals surface area contributed by atoms with Crippen LogP contribution in [0.3, 0.4) is 0 Å². The summed E-state index contributed by atoms with van der Waals surface area (Å²) in [6, 6.07) is 9.08. The third kappa shape index (κ3) is 4.19. The minimum Gasteiger partial charge on any atom is -0.459 e. The molecule has 0 radical (unpaired) electrons. The monoisotopic (exact) mass is 322 g/mol. The molecule has 2 rings (SSSR count). The van der Waals surface area contributed by atoms with Crippen LogP contribution in [0.1, 0.15) is 31.3 Å². The zero-order valence-electron chi connectivity index (χ0n) is 12.6. The van der Waals surface area contributed by atoms with E-state index in [1.807, 2.05) is 0 Å². The number of rotatable bonds is 4. The Kier molecular flexibility index (Phi) is 4.39. The van der Waals surface area contributed by atoms with Crippen LogP contribution in [-0.2, 0) is 10.0 Å². The van der Waals surface area contributed by atoms with Gasteiger partial charge in [-0.25, -0.2) is 13.1 Å². The number of carbonyl (C=O) groups is 1. The van der Waals surface area contributed by atoms with Gasteiger partial charge in [0.1, 0.15) is 0 Å². The van der Waals surface area contributed by atoms with Gasteiger partial charge in [-0.15, -0.1) is 0 Å². The van der Waals surface area contributed by atoms with E-state index in [0.29, 0.717) is 5.69 Å². The van der Waals surface area contributed by atoms with Crippen LogP contribution in [0, 0.1) is 0 Å². The zero-order chi connectivity index (χ0) is 16.4. The second-order valence-electron chi connectivity index (χ2n) is 5.81. The standard InChI is InChI=1S/C15H18N2O4S/c1-15(2,3)17-22(19,20)12-8-6-11(7-9-12)16-14(18)13-5-4-10-21-13/h4-10,17H,1-3H3,(H,16,18). The number of benzene rings is 1. The average molecular weight is 322 g/mol. The summed E-state index contributed by atoms with van der Waals surface area (Å²) < 4.78 is 31.9. The van der Waals surface area contributed by atoms with Gasteiger partial charge >= 0.3 is 0 Å². The van der Waals surface area contributed by atoms with Crippen molar-refractivity contribution in [2.75, 3.05) is 5.32 Å². The van der Waals surface area contributed by atoms with Crippen molar-refractivity contribution in [3.05, 3.63) is 48.4 Å². The molecule has 0 aliphatic rings. The van der Waals surface area contributed by atoms with E-state index < -0.39 is 21.5 Å². The minimum atomic E-state index is -3.59. The fourth-order valence-corrected chi connectivity index (χ4v) is 3.20. The number of hydrogen-bond donors (Lipinski definition) is 2. The van der Waals surface area contributed by atoms with E-state index in [9.17, 15) is 13.2 Å². The van der Waals surface area contributed by atoms with E-state index in [0.717, 1.165) is 0 Å². The average Bonchev–Trinajstić information content (AvgIpc) is 2.90. The predicted molar refractivity (Wildman–Crippen MR) is 83.2 cm³/mol. The first kappa shape index (κ1) is 16.3. The van der Waals surface area contributed by atoms with E-state index in [1.165, 1.54) is 30.5 Å².